The number of aliphatic hydroxyl groups is 2. The lowest BCUT2D eigenvalue weighted by Crippen LogP contribution is -2.65. The number of carbonyl (C=O) groups is 2. The first kappa shape index (κ1) is 14.3. The molecule has 3 N–H and O–H groups in total. The lowest BCUT2D eigenvalue weighted by atomic mass is 9.59. The Morgan fingerprint density at radius 3 is 2.76 bits per heavy atom. The normalized spacial score (nSPS) is 44.6. The van der Waals surface area contributed by atoms with E-state index < -0.39 is 35.5 Å². The van der Waals surface area contributed by atoms with Crippen molar-refractivity contribution in [3.8, 4) is 0 Å². The standard InChI is InChI=1S/C15H18O6/c1-7-4-14-10(8(7)2)3-9(12(17)18)11(14)5-21-13(19)15(14,20)6-16/h3-4,8,10-11,16,20H,5-6H2,1-2H3,(H,17,18)/t8-,10-,11+,14?,15-/m0/s1. The van der Waals surface area contributed by atoms with Crippen molar-refractivity contribution in [1.82, 2.24) is 0 Å². The molecular formula is C15H18O6. The molecule has 1 saturated heterocycles. The molecule has 114 valence electrons. The zero-order valence-electron chi connectivity index (χ0n) is 11.9. The summed E-state index contributed by atoms with van der Waals surface area (Å²) in [6.45, 7) is 2.94. The molecule has 0 aromatic heterocycles. The van der Waals surface area contributed by atoms with Crippen LogP contribution in [-0.2, 0) is 14.3 Å². The van der Waals surface area contributed by atoms with E-state index in [2.05, 4.69) is 0 Å². The van der Waals surface area contributed by atoms with Crippen molar-refractivity contribution in [1.29, 1.82) is 0 Å². The van der Waals surface area contributed by atoms with Crippen molar-refractivity contribution in [3.05, 3.63) is 23.3 Å². The molecule has 0 aromatic rings. The monoisotopic (exact) mass is 294 g/mol. The number of ether oxygens (including phenoxy) is 1. The number of rotatable bonds is 2. The highest BCUT2D eigenvalue weighted by Crippen LogP contribution is 2.63. The summed E-state index contributed by atoms with van der Waals surface area (Å²) in [5.74, 6) is -2.95. The van der Waals surface area contributed by atoms with Crippen LogP contribution in [0.15, 0.2) is 23.3 Å². The molecule has 6 heteroatoms. The Balaban J connectivity index is 2.23. The van der Waals surface area contributed by atoms with E-state index >= 15 is 0 Å². The Morgan fingerprint density at radius 2 is 2.19 bits per heavy atom. The molecule has 21 heavy (non-hydrogen) atoms. The zero-order valence-corrected chi connectivity index (χ0v) is 11.9. The number of esters is 1. The fraction of sp³-hybridized carbons (Fsp3) is 0.600. The fourth-order valence-electron chi connectivity index (χ4n) is 4.27. The second-order valence-corrected chi connectivity index (χ2v) is 6.23. The number of hydrogen-bond donors (Lipinski definition) is 3. The van der Waals surface area contributed by atoms with Gasteiger partial charge in [-0.15, -0.1) is 0 Å². The number of carboxylic acids is 1. The number of hydrogen-bond acceptors (Lipinski definition) is 5. The average Bonchev–Trinajstić information content (AvgIpc) is 2.89. The van der Waals surface area contributed by atoms with Gasteiger partial charge < -0.3 is 20.1 Å². The minimum atomic E-state index is -2.11. The molecule has 1 unspecified atom stereocenters. The fourth-order valence-corrected chi connectivity index (χ4v) is 4.27. The van der Waals surface area contributed by atoms with E-state index in [1.54, 1.807) is 12.2 Å². The summed E-state index contributed by atoms with van der Waals surface area (Å²) >= 11 is 0. The molecule has 3 rings (SSSR count). The van der Waals surface area contributed by atoms with Gasteiger partial charge in [-0.2, -0.15) is 0 Å². The van der Waals surface area contributed by atoms with Gasteiger partial charge in [-0.3, -0.25) is 0 Å². The molecule has 1 spiro atoms. The van der Waals surface area contributed by atoms with Crippen LogP contribution in [-0.4, -0.2) is 46.1 Å². The number of carboxylic acid groups (broad SMARTS) is 1. The summed E-state index contributed by atoms with van der Waals surface area (Å²) in [5, 5.41) is 29.9. The Hall–Kier alpha value is -1.66. The van der Waals surface area contributed by atoms with Crippen LogP contribution >= 0.6 is 0 Å². The van der Waals surface area contributed by atoms with Crippen LogP contribution < -0.4 is 0 Å². The minimum absolute atomic E-state index is 0.00618. The maximum Gasteiger partial charge on any atom is 0.341 e. The van der Waals surface area contributed by atoms with Gasteiger partial charge in [0.1, 0.15) is 0 Å². The van der Waals surface area contributed by atoms with Gasteiger partial charge in [0, 0.05) is 16.9 Å². The molecule has 3 aliphatic rings. The largest absolute Gasteiger partial charge is 0.478 e. The minimum Gasteiger partial charge on any atom is -0.478 e. The molecule has 0 bridgehead atoms. The highest BCUT2D eigenvalue weighted by molar-refractivity contribution is 5.91. The topological polar surface area (TPSA) is 104 Å². The number of allylic oxidation sites excluding steroid dienone is 2. The van der Waals surface area contributed by atoms with Crippen molar-refractivity contribution < 1.29 is 29.6 Å². The summed E-state index contributed by atoms with van der Waals surface area (Å²) in [6, 6.07) is 0. The summed E-state index contributed by atoms with van der Waals surface area (Å²) in [5.41, 5.74) is -2.11. The van der Waals surface area contributed by atoms with E-state index in [0.29, 0.717) is 0 Å². The highest BCUT2D eigenvalue weighted by atomic mass is 16.6. The van der Waals surface area contributed by atoms with E-state index in [1.807, 2.05) is 13.8 Å². The molecule has 0 aromatic carbocycles. The van der Waals surface area contributed by atoms with Crippen molar-refractivity contribution in [2.24, 2.45) is 23.2 Å². The van der Waals surface area contributed by atoms with E-state index in [9.17, 15) is 24.9 Å². The molecule has 0 amide bonds. The molecule has 2 aliphatic carbocycles. The van der Waals surface area contributed by atoms with Gasteiger partial charge in [0.15, 0.2) is 5.60 Å². The zero-order chi connectivity index (χ0) is 15.6. The van der Waals surface area contributed by atoms with Gasteiger partial charge in [0.05, 0.1) is 13.2 Å². The third-order valence-electron chi connectivity index (χ3n) is 5.50. The molecule has 1 fully saturated rings. The third kappa shape index (κ3) is 1.44. The van der Waals surface area contributed by atoms with Crippen LogP contribution in [0.3, 0.4) is 0 Å². The molecule has 5 atom stereocenters. The van der Waals surface area contributed by atoms with Crippen LogP contribution in [0.25, 0.3) is 0 Å². The molecule has 0 radical (unpaired) electrons. The van der Waals surface area contributed by atoms with Gasteiger partial charge in [-0.05, 0) is 18.8 Å². The van der Waals surface area contributed by atoms with Gasteiger partial charge >= 0.3 is 11.9 Å². The molecule has 0 saturated carbocycles. The van der Waals surface area contributed by atoms with Crippen LogP contribution in [0.4, 0.5) is 0 Å². The number of cyclic esters (lactones) is 1. The number of aliphatic hydroxyl groups excluding tert-OH is 1. The lowest BCUT2D eigenvalue weighted by molar-refractivity contribution is -0.212. The van der Waals surface area contributed by atoms with Crippen LogP contribution in [0.1, 0.15) is 13.8 Å². The SMILES string of the molecule is CC1=CC23[C@H](COC(=O)[C@@]2(O)CO)C(C(=O)O)=C[C@H]3[C@H]1C. The average molecular weight is 294 g/mol. The van der Waals surface area contributed by atoms with Crippen LogP contribution in [0.5, 0.6) is 0 Å². The van der Waals surface area contributed by atoms with E-state index in [4.69, 9.17) is 4.74 Å². The van der Waals surface area contributed by atoms with Gasteiger partial charge in [0.25, 0.3) is 0 Å². The number of aliphatic carboxylic acids is 1. The van der Waals surface area contributed by atoms with E-state index in [0.717, 1.165) is 5.57 Å². The molecule has 1 aliphatic heterocycles. The van der Waals surface area contributed by atoms with Crippen molar-refractivity contribution >= 4 is 11.9 Å². The van der Waals surface area contributed by atoms with Gasteiger partial charge in [-0.25, -0.2) is 9.59 Å². The Morgan fingerprint density at radius 1 is 1.52 bits per heavy atom. The first-order chi connectivity index (χ1) is 9.79. The predicted molar refractivity (Wildman–Crippen MR) is 71.0 cm³/mol. The summed E-state index contributed by atoms with van der Waals surface area (Å²) in [6.07, 6.45) is 3.39. The Bertz CT molecular complexity index is 591. The maximum absolute atomic E-state index is 12.1. The summed E-state index contributed by atoms with van der Waals surface area (Å²) in [7, 11) is 0. The predicted octanol–water partition coefficient (Wildman–Crippen LogP) is 0.106. The lowest BCUT2D eigenvalue weighted by Gasteiger charge is -2.49. The molecule has 6 nitrogen and oxygen atoms in total. The second kappa shape index (κ2) is 4.18. The molecular weight excluding hydrogens is 276 g/mol. The maximum atomic E-state index is 12.1. The van der Waals surface area contributed by atoms with Gasteiger partial charge in [-0.1, -0.05) is 24.6 Å². The van der Waals surface area contributed by atoms with E-state index in [-0.39, 0.29) is 24.0 Å². The smallest absolute Gasteiger partial charge is 0.341 e. The first-order valence-corrected chi connectivity index (χ1v) is 6.94. The third-order valence-corrected chi connectivity index (χ3v) is 5.50. The van der Waals surface area contributed by atoms with Gasteiger partial charge in [0.2, 0.25) is 0 Å². The van der Waals surface area contributed by atoms with Crippen molar-refractivity contribution in [2.75, 3.05) is 13.2 Å². The quantitative estimate of drug-likeness (QED) is 0.493. The van der Waals surface area contributed by atoms with Crippen molar-refractivity contribution in [2.45, 2.75) is 19.4 Å². The summed E-state index contributed by atoms with van der Waals surface area (Å²) < 4.78 is 4.97. The van der Waals surface area contributed by atoms with Crippen LogP contribution in [0, 0.1) is 23.2 Å². The number of carbonyl (C=O) groups excluding carboxylic acids is 1. The Kier molecular flexibility index (Phi) is 2.84. The summed E-state index contributed by atoms with van der Waals surface area (Å²) in [4.78, 5) is 23.6. The first-order valence-electron chi connectivity index (χ1n) is 6.94. The molecule has 1 heterocycles. The second-order valence-electron chi connectivity index (χ2n) is 6.23. The van der Waals surface area contributed by atoms with Crippen LogP contribution in [0.2, 0.25) is 0 Å². The van der Waals surface area contributed by atoms with Crippen molar-refractivity contribution in [3.63, 3.8) is 0 Å². The highest BCUT2D eigenvalue weighted by Gasteiger charge is 2.71. The van der Waals surface area contributed by atoms with E-state index in [1.165, 1.54) is 0 Å². The Labute approximate surface area is 121 Å².